The number of aliphatic hydroxyl groups excluding tert-OH is 2. The van der Waals surface area contributed by atoms with E-state index in [1.165, 1.54) is 63.0 Å². The molecule has 188 valence electrons. The van der Waals surface area contributed by atoms with Crippen LogP contribution in [0.1, 0.15) is 89.0 Å². The van der Waals surface area contributed by atoms with Gasteiger partial charge in [-0.2, -0.15) is 4.39 Å². The summed E-state index contributed by atoms with van der Waals surface area (Å²) in [5.41, 5.74) is 2.20. The van der Waals surface area contributed by atoms with Gasteiger partial charge in [0.15, 0.2) is 11.6 Å². The lowest BCUT2D eigenvalue weighted by molar-refractivity contribution is 0.0850. The number of aliphatic hydroxyl groups is 2. The van der Waals surface area contributed by atoms with Crippen LogP contribution in [0.15, 0.2) is 36.4 Å². The molecule has 0 bridgehead atoms. The third kappa shape index (κ3) is 7.51. The number of benzene rings is 2. The SMILES string of the molecule is CCCCCC1CCC(c2ccc(-c3ccc(OCCCCC(O)CO)c(F)c3F)cc2)CC1. The molecule has 0 amide bonds. The van der Waals surface area contributed by atoms with E-state index >= 15 is 0 Å². The second kappa shape index (κ2) is 13.8. The molecule has 1 aliphatic carbocycles. The number of rotatable bonds is 13. The van der Waals surface area contributed by atoms with E-state index in [4.69, 9.17) is 9.84 Å². The van der Waals surface area contributed by atoms with Gasteiger partial charge in [0.1, 0.15) is 0 Å². The summed E-state index contributed by atoms with van der Waals surface area (Å²) < 4.78 is 34.8. The molecule has 2 N–H and O–H groups in total. The number of halogens is 2. The number of ether oxygens (including phenoxy) is 1. The second-order valence-electron chi connectivity index (χ2n) is 9.76. The fourth-order valence-electron chi connectivity index (χ4n) is 5.02. The van der Waals surface area contributed by atoms with E-state index < -0.39 is 17.7 Å². The second-order valence-corrected chi connectivity index (χ2v) is 9.76. The zero-order chi connectivity index (χ0) is 24.3. The minimum Gasteiger partial charge on any atom is -0.490 e. The molecule has 0 saturated heterocycles. The van der Waals surface area contributed by atoms with Crippen LogP contribution in [-0.2, 0) is 0 Å². The first kappa shape index (κ1) is 26.6. The topological polar surface area (TPSA) is 49.7 Å². The number of hydrogen-bond donors (Lipinski definition) is 2. The van der Waals surface area contributed by atoms with E-state index in [1.807, 2.05) is 12.1 Å². The van der Waals surface area contributed by atoms with Gasteiger partial charge in [0.05, 0.1) is 19.3 Å². The van der Waals surface area contributed by atoms with Crippen molar-refractivity contribution in [1.29, 1.82) is 0 Å². The Morgan fingerprint density at radius 2 is 1.65 bits per heavy atom. The van der Waals surface area contributed by atoms with Crippen LogP contribution in [0.4, 0.5) is 8.78 Å². The first-order valence-corrected chi connectivity index (χ1v) is 13.0. The molecule has 0 aliphatic heterocycles. The molecule has 1 atom stereocenters. The Kier molecular flexibility index (Phi) is 10.8. The standard InChI is InChI=1S/C29H40F2O3/c1-2-3-4-7-21-9-11-22(12-10-21)23-13-15-24(16-14-23)26-17-18-27(29(31)28(26)30)34-19-6-5-8-25(33)20-32/h13-18,21-22,25,32-33H,2-12,19-20H2,1H3. The van der Waals surface area contributed by atoms with Crippen LogP contribution >= 0.6 is 0 Å². The lowest BCUT2D eigenvalue weighted by Gasteiger charge is -2.29. The molecule has 0 radical (unpaired) electrons. The van der Waals surface area contributed by atoms with Crippen molar-refractivity contribution >= 4 is 0 Å². The molecular formula is C29H40F2O3. The van der Waals surface area contributed by atoms with Gasteiger partial charge >= 0.3 is 0 Å². The molecule has 2 aromatic rings. The van der Waals surface area contributed by atoms with Crippen LogP contribution in [0.3, 0.4) is 0 Å². The van der Waals surface area contributed by atoms with Gasteiger partial charge in [-0.1, -0.05) is 56.9 Å². The van der Waals surface area contributed by atoms with Gasteiger partial charge in [-0.15, -0.1) is 0 Å². The van der Waals surface area contributed by atoms with Gasteiger partial charge in [-0.25, -0.2) is 4.39 Å². The molecule has 1 fully saturated rings. The van der Waals surface area contributed by atoms with E-state index in [-0.39, 0.29) is 24.5 Å². The van der Waals surface area contributed by atoms with E-state index in [0.29, 0.717) is 30.7 Å². The minimum atomic E-state index is -0.974. The van der Waals surface area contributed by atoms with Crippen LogP contribution in [0.5, 0.6) is 5.75 Å². The van der Waals surface area contributed by atoms with E-state index in [9.17, 15) is 13.9 Å². The van der Waals surface area contributed by atoms with Gasteiger partial charge in [0.2, 0.25) is 5.82 Å². The van der Waals surface area contributed by atoms with E-state index in [0.717, 1.165) is 5.92 Å². The summed E-state index contributed by atoms with van der Waals surface area (Å²) in [4.78, 5) is 0. The third-order valence-corrected chi connectivity index (χ3v) is 7.20. The highest BCUT2D eigenvalue weighted by Gasteiger charge is 2.22. The highest BCUT2D eigenvalue weighted by Crippen LogP contribution is 2.38. The highest BCUT2D eigenvalue weighted by molar-refractivity contribution is 5.65. The summed E-state index contributed by atoms with van der Waals surface area (Å²) in [6, 6.07) is 11.0. The Balaban J connectivity index is 1.53. The molecular weight excluding hydrogens is 434 g/mol. The number of unbranched alkanes of at least 4 members (excludes halogenated alkanes) is 3. The average molecular weight is 475 g/mol. The largest absolute Gasteiger partial charge is 0.490 e. The lowest BCUT2D eigenvalue weighted by Crippen LogP contribution is -2.13. The molecule has 1 aliphatic rings. The molecule has 2 aromatic carbocycles. The van der Waals surface area contributed by atoms with Crippen molar-refractivity contribution < 1.29 is 23.7 Å². The molecule has 1 unspecified atom stereocenters. The summed E-state index contributed by atoms with van der Waals surface area (Å²) in [5, 5.41) is 18.1. The summed E-state index contributed by atoms with van der Waals surface area (Å²) >= 11 is 0. The normalized spacial score (nSPS) is 19.2. The maximum atomic E-state index is 14.8. The highest BCUT2D eigenvalue weighted by atomic mass is 19.2. The van der Waals surface area contributed by atoms with Crippen LogP contribution in [0.2, 0.25) is 0 Å². The van der Waals surface area contributed by atoms with Crippen LogP contribution in [-0.4, -0.2) is 29.5 Å². The molecule has 0 heterocycles. The third-order valence-electron chi connectivity index (χ3n) is 7.20. The minimum absolute atomic E-state index is 0.101. The fraction of sp³-hybridized carbons (Fsp3) is 0.586. The van der Waals surface area contributed by atoms with Crippen molar-refractivity contribution in [2.24, 2.45) is 5.92 Å². The zero-order valence-corrected chi connectivity index (χ0v) is 20.4. The first-order valence-electron chi connectivity index (χ1n) is 13.0. The van der Waals surface area contributed by atoms with E-state index in [1.54, 1.807) is 6.07 Å². The maximum Gasteiger partial charge on any atom is 0.201 e. The fourth-order valence-corrected chi connectivity index (χ4v) is 5.02. The summed E-state index contributed by atoms with van der Waals surface area (Å²) in [6.45, 7) is 2.20. The van der Waals surface area contributed by atoms with Crippen molar-refractivity contribution in [3.8, 4) is 16.9 Å². The summed E-state index contributed by atoms with van der Waals surface area (Å²) in [7, 11) is 0. The van der Waals surface area contributed by atoms with Crippen molar-refractivity contribution in [3.63, 3.8) is 0 Å². The monoisotopic (exact) mass is 474 g/mol. The molecule has 1 saturated carbocycles. The Hall–Kier alpha value is -1.98. The van der Waals surface area contributed by atoms with E-state index in [2.05, 4.69) is 19.1 Å². The molecule has 3 nitrogen and oxygen atoms in total. The van der Waals surface area contributed by atoms with Crippen molar-refractivity contribution in [2.75, 3.05) is 13.2 Å². The van der Waals surface area contributed by atoms with Crippen molar-refractivity contribution in [1.82, 2.24) is 0 Å². The van der Waals surface area contributed by atoms with Crippen LogP contribution in [0.25, 0.3) is 11.1 Å². The Morgan fingerprint density at radius 1 is 0.912 bits per heavy atom. The first-order chi connectivity index (χ1) is 16.5. The van der Waals surface area contributed by atoms with Crippen molar-refractivity contribution in [3.05, 3.63) is 53.6 Å². The zero-order valence-electron chi connectivity index (χ0n) is 20.4. The summed E-state index contributed by atoms with van der Waals surface area (Å²) in [6.07, 6.45) is 11.3. The van der Waals surface area contributed by atoms with Crippen LogP contribution in [0, 0.1) is 17.6 Å². The smallest absolute Gasteiger partial charge is 0.201 e. The van der Waals surface area contributed by atoms with Crippen LogP contribution < -0.4 is 4.74 Å². The Labute approximate surface area is 203 Å². The molecule has 0 aromatic heterocycles. The maximum absolute atomic E-state index is 14.8. The quantitative estimate of drug-likeness (QED) is 0.298. The average Bonchev–Trinajstić information content (AvgIpc) is 2.87. The molecule has 5 heteroatoms. The predicted octanol–water partition coefficient (Wildman–Crippen LogP) is 7.39. The molecule has 34 heavy (non-hydrogen) atoms. The molecule has 3 rings (SSSR count). The van der Waals surface area contributed by atoms with Gasteiger partial charge in [-0.3, -0.25) is 0 Å². The Morgan fingerprint density at radius 3 is 2.32 bits per heavy atom. The number of hydrogen-bond acceptors (Lipinski definition) is 3. The lowest BCUT2D eigenvalue weighted by atomic mass is 9.77. The van der Waals surface area contributed by atoms with Gasteiger partial charge < -0.3 is 14.9 Å². The van der Waals surface area contributed by atoms with Gasteiger partial charge in [0, 0.05) is 5.56 Å². The van der Waals surface area contributed by atoms with Gasteiger partial charge in [-0.05, 0) is 80.0 Å². The van der Waals surface area contributed by atoms with Gasteiger partial charge in [0.25, 0.3) is 0 Å². The predicted molar refractivity (Wildman–Crippen MR) is 133 cm³/mol. The Bertz CT molecular complexity index is 860. The summed E-state index contributed by atoms with van der Waals surface area (Å²) in [5.74, 6) is -0.539. The molecule has 0 spiro atoms. The van der Waals surface area contributed by atoms with Crippen molar-refractivity contribution in [2.45, 2.75) is 89.6 Å².